The monoisotopic (exact) mass is 399 g/mol. The van der Waals surface area contributed by atoms with Crippen LogP contribution in [0.4, 0.5) is 13.2 Å². The second kappa shape index (κ2) is 8.00. The maximum Gasteiger partial charge on any atom is 0.417 e. The van der Waals surface area contributed by atoms with E-state index in [9.17, 15) is 28.5 Å². The summed E-state index contributed by atoms with van der Waals surface area (Å²) in [6.07, 6.45) is -8.59. The molecule has 0 amide bonds. The third kappa shape index (κ3) is 4.50. The Hall–Kier alpha value is -1.20. The Morgan fingerprint density at radius 1 is 1.32 bits per heavy atom. The summed E-state index contributed by atoms with van der Waals surface area (Å²) >= 11 is 6.47. The third-order valence-corrected chi connectivity index (χ3v) is 4.99. The van der Waals surface area contributed by atoms with Crippen molar-refractivity contribution in [2.75, 3.05) is 6.61 Å². The number of rotatable bonds is 4. The smallest absolute Gasteiger partial charge is 0.394 e. The van der Waals surface area contributed by atoms with Gasteiger partial charge in [0.1, 0.15) is 17.6 Å². The van der Waals surface area contributed by atoms with E-state index in [0.29, 0.717) is 0 Å². The first-order valence-electron chi connectivity index (χ1n) is 6.89. The lowest BCUT2D eigenvalue weighted by atomic mass is 9.98. The molecule has 0 aliphatic carbocycles. The van der Waals surface area contributed by atoms with E-state index in [1.165, 1.54) is 0 Å². The predicted molar refractivity (Wildman–Crippen MR) is 83.0 cm³/mol. The number of halogens is 4. The molecule has 0 bridgehead atoms. The summed E-state index contributed by atoms with van der Waals surface area (Å²) < 4.78 is 43.5. The van der Waals surface area contributed by atoms with Crippen LogP contribution in [-0.4, -0.2) is 51.7 Å². The SMILES string of the molecule is [N-]=[N+]=NC1[C@@H](O)C(CO)O[C@H](Sc2ccc(C(F)(F)F)c(Cl)c2)[C@H]1O. The number of nitrogens with zero attached hydrogens (tertiary/aromatic N) is 3. The maximum absolute atomic E-state index is 12.7. The quantitative estimate of drug-likeness (QED) is 0.408. The van der Waals surface area contributed by atoms with Gasteiger partial charge in [-0.25, -0.2) is 0 Å². The van der Waals surface area contributed by atoms with Gasteiger partial charge in [0.05, 0.1) is 29.3 Å². The first-order chi connectivity index (χ1) is 11.7. The molecule has 12 heteroatoms. The van der Waals surface area contributed by atoms with Crippen LogP contribution in [0, 0.1) is 0 Å². The summed E-state index contributed by atoms with van der Waals surface area (Å²) in [7, 11) is 0. The van der Waals surface area contributed by atoms with Gasteiger partial charge < -0.3 is 20.1 Å². The van der Waals surface area contributed by atoms with Crippen LogP contribution in [0.25, 0.3) is 10.4 Å². The van der Waals surface area contributed by atoms with Gasteiger partial charge in [0.15, 0.2) is 0 Å². The van der Waals surface area contributed by atoms with Gasteiger partial charge in [0, 0.05) is 9.81 Å². The second-order valence-corrected chi connectivity index (χ2v) is 6.74. The van der Waals surface area contributed by atoms with Crippen LogP contribution in [0.3, 0.4) is 0 Å². The number of thioether (sulfide) groups is 1. The van der Waals surface area contributed by atoms with Crippen LogP contribution in [0.15, 0.2) is 28.2 Å². The first kappa shape index (κ1) is 20.1. The van der Waals surface area contributed by atoms with Gasteiger partial charge in [-0.3, -0.25) is 0 Å². The van der Waals surface area contributed by atoms with Gasteiger partial charge in [-0.1, -0.05) is 28.5 Å². The molecule has 1 aromatic carbocycles. The Balaban J connectivity index is 2.23. The minimum absolute atomic E-state index is 0.259. The van der Waals surface area contributed by atoms with Crippen LogP contribution in [0.2, 0.25) is 5.02 Å². The lowest BCUT2D eigenvalue weighted by molar-refractivity contribution is -0.159. The van der Waals surface area contributed by atoms with Crippen molar-refractivity contribution in [3.05, 3.63) is 39.2 Å². The molecule has 0 aromatic heterocycles. The third-order valence-electron chi connectivity index (χ3n) is 3.53. The molecule has 2 unspecified atom stereocenters. The molecule has 5 atom stereocenters. The molecule has 2 rings (SSSR count). The lowest BCUT2D eigenvalue weighted by Gasteiger charge is -2.40. The van der Waals surface area contributed by atoms with Crippen molar-refractivity contribution in [2.24, 2.45) is 5.11 Å². The molecule has 1 fully saturated rings. The number of aliphatic hydroxyl groups excluding tert-OH is 3. The Morgan fingerprint density at radius 2 is 2.00 bits per heavy atom. The summed E-state index contributed by atoms with van der Waals surface area (Å²) in [5.74, 6) is 0. The molecular weight excluding hydrogens is 387 g/mol. The highest BCUT2D eigenvalue weighted by atomic mass is 35.5. The number of benzene rings is 1. The van der Waals surface area contributed by atoms with E-state index in [1.807, 2.05) is 0 Å². The van der Waals surface area contributed by atoms with Crippen LogP contribution >= 0.6 is 23.4 Å². The minimum Gasteiger partial charge on any atom is -0.394 e. The topological polar surface area (TPSA) is 119 Å². The fourth-order valence-electron chi connectivity index (χ4n) is 2.29. The van der Waals surface area contributed by atoms with E-state index in [-0.39, 0.29) is 4.90 Å². The van der Waals surface area contributed by atoms with E-state index in [2.05, 4.69) is 10.0 Å². The molecule has 1 heterocycles. The number of hydrogen-bond donors (Lipinski definition) is 3. The zero-order valence-electron chi connectivity index (χ0n) is 12.3. The standard InChI is InChI=1S/C13H13ClF3N3O4S/c14-7-3-5(1-2-6(7)13(15,16)17)25-12-11(23)9(19-20-18)10(22)8(4-21)24-12/h1-3,8-12,21-23H,4H2/t8?,9?,10-,11-,12+/m0/s1. The molecule has 1 aromatic rings. The van der Waals surface area contributed by atoms with Crippen molar-refractivity contribution in [1.82, 2.24) is 0 Å². The zero-order valence-corrected chi connectivity index (χ0v) is 13.9. The van der Waals surface area contributed by atoms with E-state index in [0.717, 1.165) is 30.0 Å². The molecule has 138 valence electrons. The number of hydrogen-bond acceptors (Lipinski definition) is 6. The molecule has 25 heavy (non-hydrogen) atoms. The molecule has 0 spiro atoms. The Labute approximate surface area is 149 Å². The summed E-state index contributed by atoms with van der Waals surface area (Å²) in [6.45, 7) is -0.601. The van der Waals surface area contributed by atoms with Crippen LogP contribution < -0.4 is 0 Å². The van der Waals surface area contributed by atoms with Crippen molar-refractivity contribution in [3.63, 3.8) is 0 Å². The van der Waals surface area contributed by atoms with Crippen LogP contribution in [-0.2, 0) is 10.9 Å². The van der Waals surface area contributed by atoms with E-state index < -0.39 is 53.2 Å². The maximum atomic E-state index is 12.7. The molecular formula is C13H13ClF3N3O4S. The normalized spacial score (nSPS) is 30.0. The number of azide groups is 1. The predicted octanol–water partition coefficient (Wildman–Crippen LogP) is 2.57. The minimum atomic E-state index is -4.60. The fourth-order valence-corrected chi connectivity index (χ4v) is 3.75. The van der Waals surface area contributed by atoms with Gasteiger partial charge in [0.25, 0.3) is 0 Å². The number of alkyl halides is 3. The molecule has 0 saturated carbocycles. The van der Waals surface area contributed by atoms with Crippen molar-refractivity contribution < 1.29 is 33.2 Å². The Bertz CT molecular complexity index is 674. The molecule has 3 N–H and O–H groups in total. The summed E-state index contributed by atoms with van der Waals surface area (Å²) in [5.41, 5.74) is 6.44. The average molecular weight is 400 g/mol. The lowest BCUT2D eigenvalue weighted by Crippen LogP contribution is -2.56. The highest BCUT2D eigenvalue weighted by Gasteiger charge is 2.44. The number of aliphatic hydroxyl groups is 3. The molecule has 7 nitrogen and oxygen atoms in total. The van der Waals surface area contributed by atoms with Gasteiger partial charge in [0.2, 0.25) is 0 Å². The molecule has 1 aliphatic heterocycles. The summed E-state index contributed by atoms with van der Waals surface area (Å²) in [4.78, 5) is 2.79. The highest BCUT2D eigenvalue weighted by Crippen LogP contribution is 2.39. The summed E-state index contributed by atoms with van der Waals surface area (Å²) in [5, 5.41) is 32.1. The van der Waals surface area contributed by atoms with E-state index in [1.54, 1.807) is 0 Å². The Morgan fingerprint density at radius 3 is 2.52 bits per heavy atom. The summed E-state index contributed by atoms with van der Waals surface area (Å²) in [6, 6.07) is 1.73. The van der Waals surface area contributed by atoms with Crippen LogP contribution in [0.1, 0.15) is 5.56 Å². The van der Waals surface area contributed by atoms with Crippen LogP contribution in [0.5, 0.6) is 0 Å². The van der Waals surface area contributed by atoms with E-state index in [4.69, 9.17) is 21.9 Å². The fraction of sp³-hybridized carbons (Fsp3) is 0.538. The van der Waals surface area contributed by atoms with E-state index >= 15 is 0 Å². The number of ether oxygens (including phenoxy) is 1. The first-order valence-corrected chi connectivity index (χ1v) is 8.15. The van der Waals surface area contributed by atoms with Gasteiger partial charge >= 0.3 is 6.18 Å². The van der Waals surface area contributed by atoms with Crippen molar-refractivity contribution in [2.45, 2.75) is 40.9 Å². The molecule has 0 radical (unpaired) electrons. The zero-order chi connectivity index (χ0) is 18.8. The average Bonchev–Trinajstić information content (AvgIpc) is 2.53. The highest BCUT2D eigenvalue weighted by molar-refractivity contribution is 7.99. The Kier molecular flexibility index (Phi) is 6.44. The largest absolute Gasteiger partial charge is 0.417 e. The van der Waals surface area contributed by atoms with Gasteiger partial charge in [-0.15, -0.1) is 0 Å². The second-order valence-electron chi connectivity index (χ2n) is 5.16. The van der Waals surface area contributed by atoms with Crippen molar-refractivity contribution in [1.29, 1.82) is 0 Å². The molecule has 1 saturated heterocycles. The van der Waals surface area contributed by atoms with Crippen molar-refractivity contribution >= 4 is 23.4 Å². The van der Waals surface area contributed by atoms with Crippen molar-refractivity contribution in [3.8, 4) is 0 Å². The molecule has 1 aliphatic rings. The van der Waals surface area contributed by atoms with Gasteiger partial charge in [-0.05, 0) is 23.7 Å². The van der Waals surface area contributed by atoms with Gasteiger partial charge in [-0.2, -0.15) is 13.2 Å².